The molecule has 2 N–H and O–H groups in total. The first-order valence-corrected chi connectivity index (χ1v) is 20.9. The molecule has 0 radical (unpaired) electrons. The Labute approximate surface area is 355 Å². The van der Waals surface area contributed by atoms with E-state index in [2.05, 4.69) is 0 Å². The molecule has 3 heterocycles. The maximum absolute atomic E-state index is 13.4. The Morgan fingerprint density at radius 1 is 0.787 bits per heavy atom. The van der Waals surface area contributed by atoms with Gasteiger partial charge in [-0.2, -0.15) is 0 Å². The maximum Gasteiger partial charge on any atom is 0.333 e. The number of esters is 5. The minimum absolute atomic E-state index is 0.141. The van der Waals surface area contributed by atoms with Crippen LogP contribution in [0.25, 0.3) is 6.08 Å². The quantitative estimate of drug-likeness (QED) is 0.203. The zero-order chi connectivity index (χ0) is 44.6. The molecule has 4 rings (SSSR count). The predicted octanol–water partition coefficient (Wildman–Crippen LogP) is 3.97. The molecule has 12 atom stereocenters. The van der Waals surface area contributed by atoms with Crippen molar-refractivity contribution < 1.29 is 81.6 Å². The van der Waals surface area contributed by atoms with Crippen molar-refractivity contribution in [3.63, 3.8) is 0 Å². The molecule has 0 spiro atoms. The van der Waals surface area contributed by atoms with E-state index in [9.17, 15) is 39.0 Å². The summed E-state index contributed by atoms with van der Waals surface area (Å²) in [6.45, 7) is 8.31. The maximum atomic E-state index is 13.4. The van der Waals surface area contributed by atoms with Gasteiger partial charge >= 0.3 is 29.8 Å². The van der Waals surface area contributed by atoms with Gasteiger partial charge in [0.25, 0.3) is 0 Å². The fourth-order valence-electron chi connectivity index (χ4n) is 7.20. The summed E-state index contributed by atoms with van der Waals surface area (Å²) in [5, 5.41) is 23.7. The monoisotopic (exact) mass is 860 g/mol. The highest BCUT2D eigenvalue weighted by Crippen LogP contribution is 2.34. The van der Waals surface area contributed by atoms with E-state index in [1.54, 1.807) is 44.2 Å². The molecule has 0 aliphatic carbocycles. The van der Waals surface area contributed by atoms with E-state index in [1.165, 1.54) is 32.9 Å². The van der Waals surface area contributed by atoms with Crippen LogP contribution in [0.3, 0.4) is 0 Å². The van der Waals surface area contributed by atoms with Crippen LogP contribution in [0, 0.1) is 0 Å². The van der Waals surface area contributed by atoms with Gasteiger partial charge in [-0.1, -0.05) is 62.6 Å². The number of benzene rings is 1. The van der Waals surface area contributed by atoms with Crippen LogP contribution >= 0.6 is 0 Å². The van der Waals surface area contributed by atoms with Gasteiger partial charge < -0.3 is 52.8 Å². The van der Waals surface area contributed by atoms with Gasteiger partial charge in [-0.15, -0.1) is 0 Å². The lowest BCUT2D eigenvalue weighted by Crippen LogP contribution is -2.65. The molecule has 2 bridgehead atoms. The summed E-state index contributed by atoms with van der Waals surface area (Å²) in [6, 6.07) is 8.82. The summed E-state index contributed by atoms with van der Waals surface area (Å²) < 4.78 is 53.0. The number of hydrogen-bond acceptors (Lipinski definition) is 17. The number of ether oxygens (including phenoxy) is 9. The molecule has 338 valence electrons. The Balaban J connectivity index is 1.77. The molecule has 17 heteroatoms. The van der Waals surface area contributed by atoms with Gasteiger partial charge in [0.15, 0.2) is 42.8 Å². The highest BCUT2D eigenvalue weighted by molar-refractivity contribution is 5.89. The number of allylic oxidation sites excluding steroid dienone is 1. The predicted molar refractivity (Wildman–Crippen MR) is 214 cm³/mol. The Bertz CT molecular complexity index is 1690. The Morgan fingerprint density at radius 3 is 2.16 bits per heavy atom. The van der Waals surface area contributed by atoms with Crippen LogP contribution in [-0.2, 0) is 71.4 Å². The summed E-state index contributed by atoms with van der Waals surface area (Å²) in [5.41, 5.74) is 0.803. The number of cyclic esters (lactones) is 1. The van der Waals surface area contributed by atoms with Crippen LogP contribution in [0.4, 0.5) is 0 Å². The number of ketones is 1. The Kier molecular flexibility index (Phi) is 19.5. The Morgan fingerprint density at radius 2 is 1.49 bits per heavy atom. The number of Topliss-reactive ketones (excluding diaryl/α,β-unsaturated/α-hetero) is 1. The highest BCUT2D eigenvalue weighted by atomic mass is 16.8. The van der Waals surface area contributed by atoms with Crippen molar-refractivity contribution in [2.75, 3.05) is 6.61 Å². The average molecular weight is 861 g/mol. The largest absolute Gasteiger partial charge is 0.463 e. The number of carbonyl (C=O) groups is 6. The zero-order valence-corrected chi connectivity index (χ0v) is 35.6. The fourth-order valence-corrected chi connectivity index (χ4v) is 7.20. The van der Waals surface area contributed by atoms with Crippen LogP contribution in [0.2, 0.25) is 0 Å². The lowest BCUT2D eigenvalue weighted by Gasteiger charge is -2.47. The molecule has 0 unspecified atom stereocenters. The van der Waals surface area contributed by atoms with Gasteiger partial charge in [-0.25, -0.2) is 9.59 Å². The first-order chi connectivity index (χ1) is 29.1. The number of hydrogen-bond donors (Lipinski definition) is 2. The topological polar surface area (TPSA) is 226 Å². The van der Waals surface area contributed by atoms with Crippen molar-refractivity contribution in [2.45, 2.75) is 173 Å². The second-order valence-electron chi connectivity index (χ2n) is 15.3. The smallest absolute Gasteiger partial charge is 0.333 e. The molecule has 17 nitrogen and oxygen atoms in total. The van der Waals surface area contributed by atoms with E-state index in [0.29, 0.717) is 44.1 Å². The molecule has 3 aliphatic heterocycles. The molecular formula is C44H60O17. The molecular weight excluding hydrogens is 800 g/mol. The van der Waals surface area contributed by atoms with Gasteiger partial charge in [-0.05, 0) is 58.1 Å². The van der Waals surface area contributed by atoms with Gasteiger partial charge in [0, 0.05) is 31.9 Å². The first-order valence-electron chi connectivity index (χ1n) is 20.9. The van der Waals surface area contributed by atoms with Gasteiger partial charge in [0.1, 0.15) is 31.0 Å². The number of rotatable bonds is 9. The van der Waals surface area contributed by atoms with E-state index in [4.69, 9.17) is 42.6 Å². The normalized spacial score (nSPS) is 32.4. The van der Waals surface area contributed by atoms with Crippen molar-refractivity contribution >= 4 is 41.7 Å². The van der Waals surface area contributed by atoms with Crippen LogP contribution in [0.1, 0.15) is 105 Å². The van der Waals surface area contributed by atoms with E-state index in [1.807, 2.05) is 6.92 Å². The third kappa shape index (κ3) is 14.8. The van der Waals surface area contributed by atoms with Crippen molar-refractivity contribution in [3.8, 4) is 0 Å². The minimum Gasteiger partial charge on any atom is -0.463 e. The highest BCUT2D eigenvalue weighted by Gasteiger charge is 2.55. The summed E-state index contributed by atoms with van der Waals surface area (Å²) >= 11 is 0. The summed E-state index contributed by atoms with van der Waals surface area (Å²) in [6.07, 6.45) is -9.46. The lowest BCUT2D eigenvalue weighted by atomic mass is 9.96. The molecule has 1 aromatic carbocycles. The van der Waals surface area contributed by atoms with Crippen molar-refractivity contribution in [2.24, 2.45) is 0 Å². The van der Waals surface area contributed by atoms with Gasteiger partial charge in [0.05, 0.1) is 18.6 Å². The van der Waals surface area contributed by atoms with Crippen LogP contribution in [0.15, 0.2) is 48.1 Å². The molecule has 3 fully saturated rings. The van der Waals surface area contributed by atoms with E-state index in [-0.39, 0.29) is 18.4 Å². The summed E-state index contributed by atoms with van der Waals surface area (Å²) in [4.78, 5) is 77.1. The average Bonchev–Trinajstić information content (AvgIpc) is 3.22. The van der Waals surface area contributed by atoms with Crippen molar-refractivity contribution in [1.29, 1.82) is 0 Å². The van der Waals surface area contributed by atoms with Crippen LogP contribution in [0.5, 0.6) is 0 Å². The van der Waals surface area contributed by atoms with E-state index < -0.39 is 122 Å². The fraction of sp³-hybridized carbons (Fsp3) is 0.636. The van der Waals surface area contributed by atoms with Crippen LogP contribution < -0.4 is 0 Å². The summed E-state index contributed by atoms with van der Waals surface area (Å²) in [7, 11) is 0. The summed E-state index contributed by atoms with van der Waals surface area (Å²) in [5.74, 6) is -4.51. The molecule has 3 aliphatic rings. The van der Waals surface area contributed by atoms with Crippen molar-refractivity contribution in [3.05, 3.63) is 53.6 Å². The SMILES string of the molecule is C/C=C(/C)C(=O)O[C@@H]1[C@@H](O)[C@@H]2O[C@@H]3[C@@H](O[C@@H](CCC)CCCCC[C@H](OC(C)=O)C(=O)CCC(=O)OC[C@H](O2)[C@H]1OC(=O)/C=C/c1ccccc1)O[C@@H](C)[C@@H](OC(C)=O)[C@H]3O. The Hall–Kier alpha value is -4.52. The van der Waals surface area contributed by atoms with Gasteiger partial charge in [-0.3, -0.25) is 19.2 Å². The molecule has 0 amide bonds. The molecule has 1 aromatic rings. The second kappa shape index (κ2) is 24.2. The second-order valence-corrected chi connectivity index (χ2v) is 15.3. The minimum atomic E-state index is -1.92. The number of fused-ring (bicyclic) bond motifs is 3. The third-order valence-electron chi connectivity index (χ3n) is 10.5. The third-order valence-corrected chi connectivity index (χ3v) is 10.5. The van der Waals surface area contributed by atoms with Crippen molar-refractivity contribution in [1.82, 2.24) is 0 Å². The first kappa shape index (κ1) is 49.1. The molecule has 61 heavy (non-hydrogen) atoms. The van der Waals surface area contributed by atoms with Gasteiger partial charge in [0.2, 0.25) is 0 Å². The van der Waals surface area contributed by atoms with E-state index >= 15 is 0 Å². The molecule has 0 aromatic heterocycles. The number of aliphatic hydroxyl groups excluding tert-OH is 2. The lowest BCUT2D eigenvalue weighted by molar-refractivity contribution is -0.369. The zero-order valence-electron chi connectivity index (χ0n) is 35.6. The van der Waals surface area contributed by atoms with Crippen LogP contribution in [-0.4, -0.2) is 126 Å². The number of aliphatic hydroxyl groups is 2. The van der Waals surface area contributed by atoms with E-state index in [0.717, 1.165) is 6.08 Å². The molecule has 3 saturated heterocycles. The standard InChI is InChI=1S/C44H60O17/c1-7-15-30-18-13-10-14-19-32(55-27(5)45)31(47)21-23-34(48)53-24-33-39(59-35(49)22-20-29-16-11-9-12-17-29)40(60-42(52)25(3)8-2)37(51)43(58-33)61-41-36(50)38(56-28(6)46)26(4)54-44(41)57-30/h8-9,11-12,16-17,20,22,26,30,32-33,36-41,43-44,50-51H,7,10,13-15,18-19,21,23-24H2,1-6H3/b22-20+,25-8-/t26-,30-,32-,33-,36+,37+,38+,39+,40+,41-,43-,44+/m0/s1. The number of carbonyl (C=O) groups excluding carboxylic acids is 6. The molecule has 0 saturated carbocycles.